The maximum atomic E-state index is 4.98. The minimum Gasteiger partial charge on any atom is -0.338 e. The molecule has 0 spiro atoms. The molecule has 0 radical (unpaired) electrons. The average molecular weight is 218 g/mol. The first-order valence-electron chi connectivity index (χ1n) is 5.15. The van der Waals surface area contributed by atoms with E-state index in [1.165, 1.54) is 0 Å². The van der Waals surface area contributed by atoms with E-state index in [1.807, 2.05) is 25.3 Å². The molecule has 16 heavy (non-hydrogen) atoms. The SMILES string of the molecule is Cc1ccc(CNCc2nc(C)no2)cn1. The van der Waals surface area contributed by atoms with Crippen LogP contribution >= 0.6 is 0 Å². The van der Waals surface area contributed by atoms with Crippen molar-refractivity contribution >= 4 is 0 Å². The lowest BCUT2D eigenvalue weighted by Gasteiger charge is -2.01. The molecular weight excluding hydrogens is 204 g/mol. The van der Waals surface area contributed by atoms with E-state index in [1.54, 1.807) is 6.92 Å². The van der Waals surface area contributed by atoms with E-state index in [2.05, 4.69) is 20.4 Å². The summed E-state index contributed by atoms with van der Waals surface area (Å²) in [4.78, 5) is 8.32. The molecule has 0 atom stereocenters. The van der Waals surface area contributed by atoms with Gasteiger partial charge in [0.05, 0.1) is 6.54 Å². The van der Waals surface area contributed by atoms with Crippen LogP contribution in [0.2, 0.25) is 0 Å². The number of hydrogen-bond donors (Lipinski definition) is 1. The number of hydrogen-bond acceptors (Lipinski definition) is 5. The lowest BCUT2D eigenvalue weighted by Crippen LogP contribution is -2.13. The molecule has 0 aliphatic heterocycles. The van der Waals surface area contributed by atoms with Gasteiger partial charge in [0, 0.05) is 18.4 Å². The number of rotatable bonds is 4. The first-order chi connectivity index (χ1) is 7.74. The summed E-state index contributed by atoms with van der Waals surface area (Å²) in [5.74, 6) is 1.27. The van der Waals surface area contributed by atoms with Crippen LogP contribution in [-0.4, -0.2) is 15.1 Å². The molecule has 0 saturated heterocycles. The average Bonchev–Trinajstić information content (AvgIpc) is 2.67. The summed E-state index contributed by atoms with van der Waals surface area (Å²) in [5, 5.41) is 6.93. The second-order valence-electron chi connectivity index (χ2n) is 3.65. The topological polar surface area (TPSA) is 63.8 Å². The molecule has 0 saturated carbocycles. The third kappa shape index (κ3) is 2.87. The van der Waals surface area contributed by atoms with Crippen LogP contribution in [0.3, 0.4) is 0 Å². The Morgan fingerprint density at radius 1 is 1.25 bits per heavy atom. The van der Waals surface area contributed by atoms with Crippen LogP contribution in [0.4, 0.5) is 0 Å². The molecule has 84 valence electrons. The fourth-order valence-corrected chi connectivity index (χ4v) is 1.33. The number of pyridine rings is 1. The summed E-state index contributed by atoms with van der Waals surface area (Å²) in [6.07, 6.45) is 1.86. The van der Waals surface area contributed by atoms with E-state index in [-0.39, 0.29) is 0 Å². The number of aryl methyl sites for hydroxylation is 2. The maximum absolute atomic E-state index is 4.98. The van der Waals surface area contributed by atoms with Crippen LogP contribution in [0.15, 0.2) is 22.9 Å². The van der Waals surface area contributed by atoms with Gasteiger partial charge in [0.15, 0.2) is 5.82 Å². The van der Waals surface area contributed by atoms with E-state index < -0.39 is 0 Å². The van der Waals surface area contributed by atoms with E-state index in [0.29, 0.717) is 18.3 Å². The van der Waals surface area contributed by atoms with Crippen molar-refractivity contribution in [1.29, 1.82) is 0 Å². The fraction of sp³-hybridized carbons (Fsp3) is 0.364. The molecule has 0 fully saturated rings. The predicted molar refractivity (Wildman–Crippen MR) is 58.6 cm³/mol. The van der Waals surface area contributed by atoms with Crippen molar-refractivity contribution in [2.45, 2.75) is 26.9 Å². The quantitative estimate of drug-likeness (QED) is 0.839. The summed E-state index contributed by atoms with van der Waals surface area (Å²) in [7, 11) is 0. The standard InChI is InChI=1S/C11H14N4O/c1-8-3-4-10(6-13-8)5-12-7-11-14-9(2)15-16-11/h3-4,6,12H,5,7H2,1-2H3. The molecule has 0 aliphatic carbocycles. The Hall–Kier alpha value is -1.75. The molecule has 2 rings (SSSR count). The monoisotopic (exact) mass is 218 g/mol. The smallest absolute Gasteiger partial charge is 0.240 e. The van der Waals surface area contributed by atoms with Gasteiger partial charge in [-0.25, -0.2) is 0 Å². The highest BCUT2D eigenvalue weighted by molar-refractivity contribution is 5.12. The Labute approximate surface area is 93.9 Å². The number of nitrogens with one attached hydrogen (secondary N) is 1. The largest absolute Gasteiger partial charge is 0.338 e. The minimum atomic E-state index is 0.578. The lowest BCUT2D eigenvalue weighted by atomic mass is 10.2. The minimum absolute atomic E-state index is 0.578. The molecular formula is C11H14N4O. The molecule has 2 heterocycles. The Morgan fingerprint density at radius 2 is 2.12 bits per heavy atom. The highest BCUT2D eigenvalue weighted by Crippen LogP contribution is 2.00. The highest BCUT2D eigenvalue weighted by Gasteiger charge is 2.01. The van der Waals surface area contributed by atoms with Crippen LogP contribution < -0.4 is 5.32 Å². The van der Waals surface area contributed by atoms with Crippen molar-refractivity contribution in [3.63, 3.8) is 0 Å². The van der Waals surface area contributed by atoms with E-state index in [4.69, 9.17) is 4.52 Å². The molecule has 0 aromatic carbocycles. The zero-order chi connectivity index (χ0) is 11.4. The zero-order valence-corrected chi connectivity index (χ0v) is 9.40. The summed E-state index contributed by atoms with van der Waals surface area (Å²) in [6, 6.07) is 4.04. The van der Waals surface area contributed by atoms with Crippen LogP contribution in [-0.2, 0) is 13.1 Å². The molecule has 1 N–H and O–H groups in total. The van der Waals surface area contributed by atoms with Gasteiger partial charge >= 0.3 is 0 Å². The summed E-state index contributed by atoms with van der Waals surface area (Å²) in [6.45, 7) is 5.10. The van der Waals surface area contributed by atoms with Crippen molar-refractivity contribution in [3.8, 4) is 0 Å². The number of nitrogens with zero attached hydrogens (tertiary/aromatic N) is 3. The fourth-order valence-electron chi connectivity index (χ4n) is 1.33. The molecule has 5 nitrogen and oxygen atoms in total. The molecule has 0 aliphatic rings. The van der Waals surface area contributed by atoms with Crippen molar-refractivity contribution in [2.24, 2.45) is 0 Å². The third-order valence-electron chi connectivity index (χ3n) is 2.15. The van der Waals surface area contributed by atoms with Crippen molar-refractivity contribution in [2.75, 3.05) is 0 Å². The van der Waals surface area contributed by atoms with Gasteiger partial charge in [0.25, 0.3) is 0 Å². The lowest BCUT2D eigenvalue weighted by molar-refractivity contribution is 0.364. The molecule has 0 unspecified atom stereocenters. The van der Waals surface area contributed by atoms with Crippen molar-refractivity contribution < 1.29 is 4.52 Å². The maximum Gasteiger partial charge on any atom is 0.240 e. The van der Waals surface area contributed by atoms with Gasteiger partial charge in [-0.3, -0.25) is 4.98 Å². The van der Waals surface area contributed by atoms with Crippen LogP contribution in [0.1, 0.15) is 23.0 Å². The van der Waals surface area contributed by atoms with E-state index in [0.717, 1.165) is 17.8 Å². The van der Waals surface area contributed by atoms with Gasteiger partial charge in [-0.15, -0.1) is 0 Å². The Morgan fingerprint density at radius 3 is 2.75 bits per heavy atom. The molecule has 2 aromatic rings. The first kappa shape index (κ1) is 10.8. The van der Waals surface area contributed by atoms with Crippen LogP contribution in [0, 0.1) is 13.8 Å². The Kier molecular flexibility index (Phi) is 3.26. The second-order valence-corrected chi connectivity index (χ2v) is 3.65. The Balaban J connectivity index is 1.82. The molecule has 0 amide bonds. The third-order valence-corrected chi connectivity index (χ3v) is 2.15. The highest BCUT2D eigenvalue weighted by atomic mass is 16.5. The van der Waals surface area contributed by atoms with Gasteiger partial charge in [0.1, 0.15) is 0 Å². The zero-order valence-electron chi connectivity index (χ0n) is 9.40. The van der Waals surface area contributed by atoms with Gasteiger partial charge in [-0.1, -0.05) is 11.2 Å². The van der Waals surface area contributed by atoms with E-state index in [9.17, 15) is 0 Å². The summed E-state index contributed by atoms with van der Waals surface area (Å²) < 4.78 is 4.98. The van der Waals surface area contributed by atoms with Crippen LogP contribution in [0.25, 0.3) is 0 Å². The molecule has 5 heteroatoms. The van der Waals surface area contributed by atoms with Crippen LogP contribution in [0.5, 0.6) is 0 Å². The Bertz CT molecular complexity index is 449. The summed E-state index contributed by atoms with van der Waals surface area (Å²) in [5.41, 5.74) is 2.16. The van der Waals surface area contributed by atoms with Crippen molar-refractivity contribution in [3.05, 3.63) is 41.3 Å². The first-order valence-corrected chi connectivity index (χ1v) is 5.15. The van der Waals surface area contributed by atoms with Crippen molar-refractivity contribution in [1.82, 2.24) is 20.4 Å². The van der Waals surface area contributed by atoms with Gasteiger partial charge in [-0.05, 0) is 25.5 Å². The van der Waals surface area contributed by atoms with Gasteiger partial charge in [-0.2, -0.15) is 4.98 Å². The van der Waals surface area contributed by atoms with E-state index >= 15 is 0 Å². The van der Waals surface area contributed by atoms with Gasteiger partial charge in [0.2, 0.25) is 5.89 Å². The number of aromatic nitrogens is 3. The second kappa shape index (κ2) is 4.85. The molecule has 0 bridgehead atoms. The predicted octanol–water partition coefficient (Wildman–Crippen LogP) is 1.37. The molecule has 2 aromatic heterocycles. The normalized spacial score (nSPS) is 10.6. The summed E-state index contributed by atoms with van der Waals surface area (Å²) >= 11 is 0. The van der Waals surface area contributed by atoms with Gasteiger partial charge < -0.3 is 9.84 Å².